The van der Waals surface area contributed by atoms with E-state index in [0.717, 1.165) is 36.2 Å². The summed E-state index contributed by atoms with van der Waals surface area (Å²) in [6.07, 6.45) is 7.81. The first kappa shape index (κ1) is 12.7. The quantitative estimate of drug-likeness (QED) is 0.873. The number of pyridine rings is 2. The molecule has 1 aliphatic heterocycles. The summed E-state index contributed by atoms with van der Waals surface area (Å²) < 4.78 is 0. The Morgan fingerprint density at radius 2 is 2.10 bits per heavy atom. The third-order valence-electron chi connectivity index (χ3n) is 3.46. The van der Waals surface area contributed by atoms with E-state index in [1.54, 1.807) is 18.6 Å². The summed E-state index contributed by atoms with van der Waals surface area (Å²) in [5, 5.41) is 6.22. The maximum Gasteiger partial charge on any atom is 0.253 e. The molecule has 0 saturated heterocycles. The van der Waals surface area contributed by atoms with Gasteiger partial charge in [0.2, 0.25) is 0 Å². The lowest BCUT2D eigenvalue weighted by Gasteiger charge is -2.19. The van der Waals surface area contributed by atoms with E-state index in [0.29, 0.717) is 12.1 Å². The number of fused-ring (bicyclic) bond motifs is 1. The SMILES string of the molecule is O=C(NCc1ccncc1)c1cncc2c1CCNC2. The maximum absolute atomic E-state index is 12.3. The standard InChI is InChI=1S/C15H16N4O/c20-15(19-7-11-1-4-16-5-2-11)14-10-18-9-12-8-17-6-3-13(12)14/h1-2,4-5,9-10,17H,3,6-8H2,(H,19,20). The van der Waals surface area contributed by atoms with Crippen molar-refractivity contribution in [2.75, 3.05) is 6.54 Å². The van der Waals surface area contributed by atoms with Gasteiger partial charge in [0, 0.05) is 37.9 Å². The van der Waals surface area contributed by atoms with Crippen molar-refractivity contribution in [2.45, 2.75) is 19.5 Å². The van der Waals surface area contributed by atoms with Gasteiger partial charge < -0.3 is 10.6 Å². The van der Waals surface area contributed by atoms with Crippen molar-refractivity contribution < 1.29 is 4.79 Å². The molecule has 2 aromatic rings. The molecule has 0 saturated carbocycles. The minimum absolute atomic E-state index is 0.0620. The minimum Gasteiger partial charge on any atom is -0.348 e. The van der Waals surface area contributed by atoms with Crippen molar-refractivity contribution in [3.05, 3.63) is 59.2 Å². The van der Waals surface area contributed by atoms with Gasteiger partial charge in [-0.2, -0.15) is 0 Å². The average molecular weight is 268 g/mol. The van der Waals surface area contributed by atoms with Gasteiger partial charge in [0.1, 0.15) is 0 Å². The van der Waals surface area contributed by atoms with Crippen molar-refractivity contribution in [1.29, 1.82) is 0 Å². The zero-order valence-corrected chi connectivity index (χ0v) is 11.1. The van der Waals surface area contributed by atoms with Crippen LogP contribution in [0.4, 0.5) is 0 Å². The van der Waals surface area contributed by atoms with Crippen LogP contribution in [0.1, 0.15) is 27.0 Å². The summed E-state index contributed by atoms with van der Waals surface area (Å²) in [7, 11) is 0. The molecule has 1 aliphatic rings. The fraction of sp³-hybridized carbons (Fsp3) is 0.267. The van der Waals surface area contributed by atoms with Crippen LogP contribution < -0.4 is 10.6 Å². The minimum atomic E-state index is -0.0620. The van der Waals surface area contributed by atoms with Gasteiger partial charge in [-0.15, -0.1) is 0 Å². The van der Waals surface area contributed by atoms with Gasteiger partial charge in [-0.3, -0.25) is 14.8 Å². The second kappa shape index (κ2) is 5.79. The Morgan fingerprint density at radius 3 is 2.95 bits per heavy atom. The average Bonchev–Trinajstić information content (AvgIpc) is 2.53. The molecule has 0 fully saturated rings. The second-order valence-corrected chi connectivity index (χ2v) is 4.79. The molecule has 0 unspecified atom stereocenters. The Morgan fingerprint density at radius 1 is 1.25 bits per heavy atom. The predicted octanol–water partition coefficient (Wildman–Crippen LogP) is 1.05. The van der Waals surface area contributed by atoms with E-state index in [1.165, 1.54) is 0 Å². The van der Waals surface area contributed by atoms with E-state index >= 15 is 0 Å². The van der Waals surface area contributed by atoms with Crippen molar-refractivity contribution in [2.24, 2.45) is 0 Å². The van der Waals surface area contributed by atoms with Crippen LogP contribution in [-0.2, 0) is 19.5 Å². The Balaban J connectivity index is 1.74. The lowest BCUT2D eigenvalue weighted by atomic mass is 9.98. The van der Waals surface area contributed by atoms with E-state index < -0.39 is 0 Å². The van der Waals surface area contributed by atoms with Crippen LogP contribution in [0.3, 0.4) is 0 Å². The molecule has 2 N–H and O–H groups in total. The van der Waals surface area contributed by atoms with E-state index in [4.69, 9.17) is 0 Å². The summed E-state index contributed by atoms with van der Waals surface area (Å²) in [6, 6.07) is 3.78. The number of nitrogens with zero attached hydrogens (tertiary/aromatic N) is 2. The van der Waals surface area contributed by atoms with Crippen LogP contribution in [0.5, 0.6) is 0 Å². The lowest BCUT2D eigenvalue weighted by molar-refractivity contribution is 0.0949. The number of carbonyl (C=O) groups excluding carboxylic acids is 1. The van der Waals surface area contributed by atoms with Crippen molar-refractivity contribution in [1.82, 2.24) is 20.6 Å². The van der Waals surface area contributed by atoms with Gasteiger partial charge in [0.15, 0.2) is 0 Å². The molecule has 5 heteroatoms. The molecule has 0 aromatic carbocycles. The molecule has 0 bridgehead atoms. The highest BCUT2D eigenvalue weighted by Crippen LogP contribution is 2.17. The Labute approximate surface area is 117 Å². The molecular formula is C15H16N4O. The van der Waals surface area contributed by atoms with Crippen LogP contribution >= 0.6 is 0 Å². The molecule has 1 amide bonds. The normalized spacial score (nSPS) is 13.6. The highest BCUT2D eigenvalue weighted by molar-refractivity contribution is 5.95. The first-order chi connectivity index (χ1) is 9.84. The Bertz CT molecular complexity index is 613. The van der Waals surface area contributed by atoms with E-state index in [1.807, 2.05) is 18.3 Å². The number of aromatic nitrogens is 2. The van der Waals surface area contributed by atoms with Crippen molar-refractivity contribution in [3.63, 3.8) is 0 Å². The number of nitrogens with one attached hydrogen (secondary N) is 2. The molecule has 3 rings (SSSR count). The van der Waals surface area contributed by atoms with Gasteiger partial charge in [0.25, 0.3) is 5.91 Å². The first-order valence-corrected chi connectivity index (χ1v) is 6.68. The smallest absolute Gasteiger partial charge is 0.253 e. The topological polar surface area (TPSA) is 66.9 Å². The van der Waals surface area contributed by atoms with Gasteiger partial charge in [-0.1, -0.05) is 0 Å². The van der Waals surface area contributed by atoms with Crippen molar-refractivity contribution >= 4 is 5.91 Å². The van der Waals surface area contributed by atoms with Crippen LogP contribution in [0.2, 0.25) is 0 Å². The summed E-state index contributed by atoms with van der Waals surface area (Å²) in [5.41, 5.74) is 3.96. The largest absolute Gasteiger partial charge is 0.348 e. The number of hydrogen-bond donors (Lipinski definition) is 2. The summed E-state index contributed by atoms with van der Waals surface area (Å²) >= 11 is 0. The predicted molar refractivity (Wildman–Crippen MR) is 75.1 cm³/mol. The summed E-state index contributed by atoms with van der Waals surface area (Å²) in [4.78, 5) is 20.4. The zero-order valence-electron chi connectivity index (χ0n) is 11.1. The van der Waals surface area contributed by atoms with Crippen LogP contribution in [0.15, 0.2) is 36.9 Å². The highest BCUT2D eigenvalue weighted by atomic mass is 16.1. The zero-order chi connectivity index (χ0) is 13.8. The van der Waals surface area contributed by atoms with E-state index in [9.17, 15) is 4.79 Å². The molecule has 0 radical (unpaired) electrons. The summed E-state index contributed by atoms with van der Waals surface area (Å²) in [6.45, 7) is 2.19. The Kier molecular flexibility index (Phi) is 3.69. The third-order valence-corrected chi connectivity index (χ3v) is 3.46. The number of amides is 1. The maximum atomic E-state index is 12.3. The number of carbonyl (C=O) groups is 1. The number of hydrogen-bond acceptors (Lipinski definition) is 4. The molecule has 0 atom stereocenters. The van der Waals surface area contributed by atoms with E-state index in [-0.39, 0.29) is 5.91 Å². The fourth-order valence-corrected chi connectivity index (χ4v) is 2.39. The number of rotatable bonds is 3. The highest BCUT2D eigenvalue weighted by Gasteiger charge is 2.17. The fourth-order valence-electron chi connectivity index (χ4n) is 2.39. The van der Waals surface area contributed by atoms with Gasteiger partial charge >= 0.3 is 0 Å². The molecule has 20 heavy (non-hydrogen) atoms. The van der Waals surface area contributed by atoms with Crippen molar-refractivity contribution in [3.8, 4) is 0 Å². The molecule has 2 aromatic heterocycles. The third kappa shape index (κ3) is 2.67. The molecule has 3 heterocycles. The second-order valence-electron chi connectivity index (χ2n) is 4.79. The molecule has 0 spiro atoms. The molecule has 5 nitrogen and oxygen atoms in total. The lowest BCUT2D eigenvalue weighted by Crippen LogP contribution is -2.29. The van der Waals surface area contributed by atoms with Gasteiger partial charge in [-0.25, -0.2) is 0 Å². The van der Waals surface area contributed by atoms with E-state index in [2.05, 4.69) is 20.6 Å². The molecular weight excluding hydrogens is 252 g/mol. The Hall–Kier alpha value is -2.27. The van der Waals surface area contributed by atoms with Gasteiger partial charge in [-0.05, 0) is 41.8 Å². The first-order valence-electron chi connectivity index (χ1n) is 6.68. The monoisotopic (exact) mass is 268 g/mol. The van der Waals surface area contributed by atoms with Gasteiger partial charge in [0.05, 0.1) is 5.56 Å². The van der Waals surface area contributed by atoms with Crippen LogP contribution in [-0.4, -0.2) is 22.4 Å². The van der Waals surface area contributed by atoms with Crippen LogP contribution in [0.25, 0.3) is 0 Å². The molecule has 0 aliphatic carbocycles. The van der Waals surface area contributed by atoms with Crippen LogP contribution in [0, 0.1) is 0 Å². The molecule has 102 valence electrons. The summed E-state index contributed by atoms with van der Waals surface area (Å²) in [5.74, 6) is -0.0620.